The molecule has 1 aromatic carbocycles. The molecule has 22 heavy (non-hydrogen) atoms. The van der Waals surface area contributed by atoms with E-state index in [1.165, 1.54) is 25.7 Å². The minimum absolute atomic E-state index is 0.394. The van der Waals surface area contributed by atoms with Gasteiger partial charge in [0.15, 0.2) is 0 Å². The predicted molar refractivity (Wildman–Crippen MR) is 87.7 cm³/mol. The normalized spacial score (nSPS) is 18.6. The zero-order valence-corrected chi connectivity index (χ0v) is 13.6. The Morgan fingerprint density at radius 3 is 2.27 bits per heavy atom. The third-order valence-electron chi connectivity index (χ3n) is 3.97. The number of hydrogen-bond acceptors (Lipinski definition) is 4. The van der Waals surface area contributed by atoms with Crippen molar-refractivity contribution in [2.24, 2.45) is 5.14 Å². The van der Waals surface area contributed by atoms with Crippen LogP contribution in [0.2, 0.25) is 0 Å². The number of aliphatic hydroxyl groups is 1. The minimum atomic E-state index is -3.76. The van der Waals surface area contributed by atoms with E-state index < -0.39 is 16.3 Å². The summed E-state index contributed by atoms with van der Waals surface area (Å²) in [6, 6.07) is 6.66. The zero-order chi connectivity index (χ0) is 16.0. The molecule has 1 saturated heterocycles. The molecule has 0 spiro atoms. The molecular weight excluding hydrogens is 302 g/mol. The molecule has 0 amide bonds. The molecule has 0 saturated carbocycles. The van der Waals surface area contributed by atoms with E-state index in [-0.39, 0.29) is 0 Å². The van der Waals surface area contributed by atoms with Gasteiger partial charge in [-0.05, 0) is 50.0 Å². The van der Waals surface area contributed by atoms with Crippen molar-refractivity contribution >= 4 is 15.9 Å². The fourth-order valence-corrected chi connectivity index (χ4v) is 3.23. The second-order valence-corrected chi connectivity index (χ2v) is 7.12. The third kappa shape index (κ3) is 5.92. The van der Waals surface area contributed by atoms with Crippen molar-refractivity contribution in [3.05, 3.63) is 29.8 Å². The highest BCUT2D eigenvalue weighted by molar-refractivity contribution is 7.90. The van der Waals surface area contributed by atoms with Crippen molar-refractivity contribution in [2.45, 2.75) is 38.2 Å². The lowest BCUT2D eigenvalue weighted by molar-refractivity contribution is 0.143. The van der Waals surface area contributed by atoms with Crippen molar-refractivity contribution in [3.8, 4) is 0 Å². The smallest absolute Gasteiger partial charge is 0.296 e. The molecule has 0 radical (unpaired) electrons. The van der Waals surface area contributed by atoms with Crippen molar-refractivity contribution in [2.75, 3.05) is 24.4 Å². The van der Waals surface area contributed by atoms with Crippen molar-refractivity contribution in [1.29, 1.82) is 0 Å². The van der Waals surface area contributed by atoms with Gasteiger partial charge in [-0.25, -0.2) is 5.14 Å². The molecule has 1 aliphatic rings. The number of nitrogens with one attached hydrogen (secondary N) is 1. The van der Waals surface area contributed by atoms with Gasteiger partial charge in [0.2, 0.25) is 0 Å². The van der Waals surface area contributed by atoms with Crippen LogP contribution in [0.15, 0.2) is 24.3 Å². The average Bonchev–Trinajstić information content (AvgIpc) is 2.72. The minimum Gasteiger partial charge on any atom is -0.388 e. The van der Waals surface area contributed by atoms with Crippen molar-refractivity contribution in [1.82, 2.24) is 4.90 Å². The van der Waals surface area contributed by atoms with Gasteiger partial charge in [0.1, 0.15) is 0 Å². The van der Waals surface area contributed by atoms with Crippen LogP contribution >= 0.6 is 0 Å². The van der Waals surface area contributed by atoms with Crippen molar-refractivity contribution < 1.29 is 13.5 Å². The van der Waals surface area contributed by atoms with Crippen LogP contribution in [0.3, 0.4) is 0 Å². The van der Waals surface area contributed by atoms with Gasteiger partial charge in [-0.15, -0.1) is 0 Å². The summed E-state index contributed by atoms with van der Waals surface area (Å²) < 4.78 is 24.1. The fraction of sp³-hybridized carbons (Fsp3) is 0.600. The van der Waals surface area contributed by atoms with Gasteiger partial charge < -0.3 is 10.0 Å². The van der Waals surface area contributed by atoms with Crippen LogP contribution in [0.25, 0.3) is 0 Å². The van der Waals surface area contributed by atoms with Crippen LogP contribution in [0.4, 0.5) is 5.69 Å². The van der Waals surface area contributed by atoms with Crippen LogP contribution in [-0.4, -0.2) is 38.1 Å². The first-order valence-corrected chi connectivity index (χ1v) is 9.29. The zero-order valence-electron chi connectivity index (χ0n) is 12.7. The van der Waals surface area contributed by atoms with Crippen LogP contribution in [0.5, 0.6) is 0 Å². The van der Waals surface area contributed by atoms with Gasteiger partial charge in [0.05, 0.1) is 6.10 Å². The van der Waals surface area contributed by atoms with E-state index >= 15 is 0 Å². The summed E-state index contributed by atoms with van der Waals surface area (Å²) in [4.78, 5) is 2.41. The van der Waals surface area contributed by atoms with Gasteiger partial charge in [-0.2, -0.15) is 8.42 Å². The summed E-state index contributed by atoms with van der Waals surface area (Å²) in [6.07, 6.45) is 5.23. The van der Waals surface area contributed by atoms with Crippen LogP contribution < -0.4 is 9.86 Å². The molecule has 1 unspecified atom stereocenters. The van der Waals surface area contributed by atoms with Crippen LogP contribution in [0, 0.1) is 0 Å². The fourth-order valence-electron chi connectivity index (χ4n) is 2.77. The van der Waals surface area contributed by atoms with Gasteiger partial charge in [0, 0.05) is 12.2 Å². The van der Waals surface area contributed by atoms with Crippen molar-refractivity contribution in [3.63, 3.8) is 0 Å². The monoisotopic (exact) mass is 327 g/mol. The molecule has 1 aliphatic heterocycles. The molecule has 7 heteroatoms. The van der Waals surface area contributed by atoms with E-state index in [0.29, 0.717) is 12.1 Å². The first kappa shape index (κ1) is 17.2. The SMILES string of the molecule is NS(=O)(=O)Nc1ccc(C(O)CCN2CCCCCC2)cc1. The lowest BCUT2D eigenvalue weighted by Crippen LogP contribution is -2.26. The molecule has 0 bridgehead atoms. The molecule has 124 valence electrons. The summed E-state index contributed by atoms with van der Waals surface area (Å²) in [5.74, 6) is 0. The molecule has 0 aliphatic carbocycles. The van der Waals surface area contributed by atoms with E-state index in [1.54, 1.807) is 24.3 Å². The Labute approximate surface area is 132 Å². The summed E-state index contributed by atoms with van der Waals surface area (Å²) in [5.41, 5.74) is 1.18. The van der Waals surface area contributed by atoms with E-state index in [4.69, 9.17) is 5.14 Å². The lowest BCUT2D eigenvalue weighted by Gasteiger charge is -2.21. The first-order valence-electron chi connectivity index (χ1n) is 7.75. The highest BCUT2D eigenvalue weighted by Gasteiger charge is 2.13. The molecular formula is C15H25N3O3S. The molecule has 1 heterocycles. The number of likely N-dealkylation sites (tertiary alicyclic amines) is 1. The predicted octanol–water partition coefficient (Wildman–Crippen LogP) is 1.60. The number of rotatable bonds is 6. The highest BCUT2D eigenvalue weighted by Crippen LogP contribution is 2.20. The number of hydrogen-bond donors (Lipinski definition) is 3. The van der Waals surface area contributed by atoms with Gasteiger partial charge >= 0.3 is 0 Å². The number of benzene rings is 1. The quantitative estimate of drug-likeness (QED) is 0.739. The maximum Gasteiger partial charge on any atom is 0.296 e. The van der Waals surface area contributed by atoms with E-state index in [0.717, 1.165) is 25.2 Å². The number of anilines is 1. The Morgan fingerprint density at radius 1 is 1.14 bits per heavy atom. The van der Waals surface area contributed by atoms with E-state index in [1.807, 2.05) is 0 Å². The summed E-state index contributed by atoms with van der Waals surface area (Å²) >= 11 is 0. The first-order chi connectivity index (χ1) is 10.4. The van der Waals surface area contributed by atoms with Crippen LogP contribution in [-0.2, 0) is 10.2 Å². The van der Waals surface area contributed by atoms with Gasteiger partial charge in [-0.3, -0.25) is 4.72 Å². The third-order valence-corrected chi connectivity index (χ3v) is 4.49. The number of nitrogens with two attached hydrogens (primary N) is 1. The van der Waals surface area contributed by atoms with Crippen LogP contribution in [0.1, 0.15) is 43.8 Å². The molecule has 2 rings (SSSR count). The second kappa shape index (κ2) is 7.92. The molecule has 1 aromatic rings. The molecule has 1 atom stereocenters. The molecule has 1 fully saturated rings. The summed E-state index contributed by atoms with van der Waals surface area (Å²) in [6.45, 7) is 3.12. The lowest BCUT2D eigenvalue weighted by atomic mass is 10.1. The van der Waals surface area contributed by atoms with E-state index in [9.17, 15) is 13.5 Å². The Morgan fingerprint density at radius 2 is 1.73 bits per heavy atom. The Bertz CT molecular complexity index is 552. The maximum atomic E-state index is 10.9. The molecule has 0 aromatic heterocycles. The largest absolute Gasteiger partial charge is 0.388 e. The van der Waals surface area contributed by atoms with E-state index in [2.05, 4.69) is 9.62 Å². The van der Waals surface area contributed by atoms with Gasteiger partial charge in [0.25, 0.3) is 10.2 Å². The Kier molecular flexibility index (Phi) is 6.19. The topological polar surface area (TPSA) is 95.7 Å². The molecule has 6 nitrogen and oxygen atoms in total. The standard InChI is InChI=1S/C15H25N3O3S/c16-22(20,21)17-14-7-5-13(6-8-14)15(19)9-12-18-10-3-1-2-4-11-18/h5-8,15,17,19H,1-4,9-12H2,(H2,16,20,21). The number of aliphatic hydroxyl groups excluding tert-OH is 1. The highest BCUT2D eigenvalue weighted by atomic mass is 32.2. The maximum absolute atomic E-state index is 10.9. The van der Waals surface area contributed by atoms with Gasteiger partial charge in [-0.1, -0.05) is 25.0 Å². The number of nitrogens with zero attached hydrogens (tertiary/aromatic N) is 1. The molecule has 4 N–H and O–H groups in total. The Balaban J connectivity index is 1.85. The average molecular weight is 327 g/mol. The summed E-state index contributed by atoms with van der Waals surface area (Å²) in [5, 5.41) is 15.2. The summed E-state index contributed by atoms with van der Waals surface area (Å²) in [7, 11) is -3.76. The Hall–Kier alpha value is -1.15. The second-order valence-electron chi connectivity index (χ2n) is 5.83.